The number of rotatable bonds is 17. The van der Waals surface area contributed by atoms with E-state index in [1.54, 1.807) is 72.2 Å². The van der Waals surface area contributed by atoms with Crippen LogP contribution in [-0.2, 0) is 38.7 Å². The van der Waals surface area contributed by atoms with Gasteiger partial charge in [-0.1, -0.05) is 11.6 Å². The molecule has 5 rings (SSSR count). The standard InChI is InChI=1S/C40H51N3O10S/c1-8-27-21-40(27,38(48)42-54(49,50)31-12-13-31)22-34(45)33-20-30(52-36-32-14-11-29(51-7)18-25(32)15-16-41-36)23-43(33)37(47)26(9-10-28(44)17-24(2)3)19-35(46)53-39(4,5)6/h8,11,14-18,26-27,30-31,33H,1,9-10,12-13,19-23H2,2-7H3,(H,42,48)/t26-,27-,30-,33+,40-/m1/s1. The van der Waals surface area contributed by atoms with E-state index in [2.05, 4.69) is 16.3 Å². The number of hydrogen-bond donors (Lipinski definition) is 1. The largest absolute Gasteiger partial charge is 0.497 e. The molecule has 2 aromatic rings. The van der Waals surface area contributed by atoms with E-state index in [1.165, 1.54) is 11.0 Å². The number of ketones is 2. The SMILES string of the molecule is C=C[C@@H]1C[C@]1(CC(=O)[C@@H]1C[C@@H](Oc2nccc3cc(OC)ccc23)CN1C(=O)[C@H](CCC(=O)C=C(C)C)CC(=O)OC(C)(C)C)C(=O)NS(=O)(=O)C1CC1. The van der Waals surface area contributed by atoms with Gasteiger partial charge in [-0.3, -0.25) is 28.7 Å². The van der Waals surface area contributed by atoms with E-state index in [0.717, 1.165) is 11.0 Å². The number of Topliss-reactive ketones (excluding diaryl/α,β-unsaturated/α-hetero) is 1. The molecular weight excluding hydrogens is 715 g/mol. The van der Waals surface area contributed by atoms with Gasteiger partial charge in [0, 0.05) is 36.8 Å². The summed E-state index contributed by atoms with van der Waals surface area (Å²) in [4.78, 5) is 74.2. The van der Waals surface area contributed by atoms with Gasteiger partial charge in [0.1, 0.15) is 17.5 Å². The lowest BCUT2D eigenvalue weighted by molar-refractivity contribution is -0.159. The number of carbonyl (C=O) groups excluding carboxylic acids is 5. The van der Waals surface area contributed by atoms with Crippen LogP contribution in [0.3, 0.4) is 0 Å². The van der Waals surface area contributed by atoms with Crippen molar-refractivity contribution in [3.63, 3.8) is 0 Å². The average molecular weight is 766 g/mol. The topological polar surface area (TPSA) is 175 Å². The molecule has 0 unspecified atom stereocenters. The fraction of sp³-hybridized carbons (Fsp3) is 0.550. The van der Waals surface area contributed by atoms with Gasteiger partial charge in [-0.2, -0.15) is 0 Å². The van der Waals surface area contributed by atoms with E-state index < -0.39 is 73.8 Å². The highest BCUT2D eigenvalue weighted by Crippen LogP contribution is 2.57. The number of likely N-dealkylation sites (tertiary alicyclic amines) is 1. The summed E-state index contributed by atoms with van der Waals surface area (Å²) in [6.45, 7) is 12.5. The van der Waals surface area contributed by atoms with Crippen LogP contribution in [0.4, 0.5) is 0 Å². The number of methoxy groups -OCH3 is 1. The summed E-state index contributed by atoms with van der Waals surface area (Å²) in [5, 5.41) is 0.853. The van der Waals surface area contributed by atoms with Gasteiger partial charge in [0.25, 0.3) is 0 Å². The quantitative estimate of drug-likeness (QED) is 0.130. The van der Waals surface area contributed by atoms with E-state index in [4.69, 9.17) is 14.2 Å². The molecule has 1 aliphatic heterocycles. The van der Waals surface area contributed by atoms with E-state index >= 15 is 0 Å². The van der Waals surface area contributed by atoms with Crippen LogP contribution in [0, 0.1) is 17.3 Å². The van der Waals surface area contributed by atoms with E-state index in [0.29, 0.717) is 24.0 Å². The van der Waals surface area contributed by atoms with Crippen molar-refractivity contribution in [1.29, 1.82) is 0 Å². The van der Waals surface area contributed by atoms with Crippen molar-refractivity contribution in [1.82, 2.24) is 14.6 Å². The third kappa shape index (κ3) is 9.74. The molecular formula is C40H51N3O10S. The molecule has 3 aliphatic rings. The number of pyridine rings is 1. The number of sulfonamides is 1. The molecule has 292 valence electrons. The maximum absolute atomic E-state index is 14.6. The molecule has 1 aromatic heterocycles. The van der Waals surface area contributed by atoms with Crippen LogP contribution >= 0.6 is 0 Å². The Morgan fingerprint density at radius 1 is 1.13 bits per heavy atom. The molecule has 54 heavy (non-hydrogen) atoms. The Hall–Kier alpha value is -4.59. The maximum Gasteiger partial charge on any atom is 0.307 e. The second-order valence-electron chi connectivity index (χ2n) is 15.9. The minimum Gasteiger partial charge on any atom is -0.497 e. The predicted molar refractivity (Wildman–Crippen MR) is 201 cm³/mol. The molecule has 1 aromatic carbocycles. The minimum absolute atomic E-state index is 0.0140. The van der Waals surface area contributed by atoms with Gasteiger partial charge in [-0.25, -0.2) is 13.4 Å². The van der Waals surface area contributed by atoms with Gasteiger partial charge in [0.15, 0.2) is 11.6 Å². The molecule has 2 saturated carbocycles. The summed E-state index contributed by atoms with van der Waals surface area (Å²) in [5.41, 5.74) is -1.37. The van der Waals surface area contributed by atoms with Crippen molar-refractivity contribution in [2.75, 3.05) is 13.7 Å². The number of fused-ring (bicyclic) bond motifs is 1. The molecule has 2 amide bonds. The Morgan fingerprint density at radius 2 is 1.85 bits per heavy atom. The summed E-state index contributed by atoms with van der Waals surface area (Å²) in [7, 11) is -2.32. The normalized spacial score (nSPS) is 22.9. The number of hydrogen-bond acceptors (Lipinski definition) is 11. The van der Waals surface area contributed by atoms with E-state index in [-0.39, 0.29) is 56.7 Å². The molecule has 14 heteroatoms. The zero-order chi connectivity index (χ0) is 39.6. The molecule has 2 heterocycles. The molecule has 2 aliphatic carbocycles. The zero-order valence-electron chi connectivity index (χ0n) is 31.9. The van der Waals surface area contributed by atoms with Gasteiger partial charge >= 0.3 is 5.97 Å². The number of nitrogens with one attached hydrogen (secondary N) is 1. The molecule has 3 fully saturated rings. The van der Waals surface area contributed by atoms with Gasteiger partial charge in [0.05, 0.1) is 36.8 Å². The fourth-order valence-electron chi connectivity index (χ4n) is 7.09. The van der Waals surface area contributed by atoms with Crippen LogP contribution in [0.15, 0.2) is 54.8 Å². The van der Waals surface area contributed by atoms with Crippen molar-refractivity contribution < 1.29 is 46.6 Å². The molecule has 0 spiro atoms. The van der Waals surface area contributed by atoms with Crippen LogP contribution in [0.1, 0.15) is 86.0 Å². The molecule has 5 atom stereocenters. The fourth-order valence-corrected chi connectivity index (χ4v) is 8.47. The summed E-state index contributed by atoms with van der Waals surface area (Å²) in [6, 6.07) is 6.13. The number of nitrogens with zero attached hydrogens (tertiary/aromatic N) is 2. The van der Waals surface area contributed by atoms with Gasteiger partial charge in [-0.05, 0) is 102 Å². The number of benzene rings is 1. The second kappa shape index (κ2) is 16.0. The first-order valence-electron chi connectivity index (χ1n) is 18.4. The molecule has 0 radical (unpaired) electrons. The van der Waals surface area contributed by atoms with Crippen molar-refractivity contribution in [3.05, 3.63) is 54.8 Å². The number of esters is 1. The summed E-state index contributed by atoms with van der Waals surface area (Å²) in [5.74, 6) is -3.09. The van der Waals surface area contributed by atoms with Crippen molar-refractivity contribution in [3.8, 4) is 11.6 Å². The lowest BCUT2D eigenvalue weighted by Crippen LogP contribution is -2.46. The van der Waals surface area contributed by atoms with Crippen LogP contribution in [0.25, 0.3) is 10.8 Å². The highest BCUT2D eigenvalue weighted by atomic mass is 32.2. The van der Waals surface area contributed by atoms with Gasteiger partial charge in [-0.15, -0.1) is 6.58 Å². The lowest BCUT2D eigenvalue weighted by atomic mass is 9.90. The molecule has 0 bridgehead atoms. The number of aromatic nitrogens is 1. The summed E-state index contributed by atoms with van der Waals surface area (Å²) < 4.78 is 45.0. The lowest BCUT2D eigenvalue weighted by Gasteiger charge is -2.29. The van der Waals surface area contributed by atoms with Crippen LogP contribution in [-0.4, -0.2) is 84.3 Å². The van der Waals surface area contributed by atoms with Gasteiger partial charge < -0.3 is 19.1 Å². The highest BCUT2D eigenvalue weighted by molar-refractivity contribution is 7.90. The second-order valence-corrected chi connectivity index (χ2v) is 17.9. The number of amides is 2. The Bertz CT molecular complexity index is 1960. The third-order valence-corrected chi connectivity index (χ3v) is 11.9. The highest BCUT2D eigenvalue weighted by Gasteiger charge is 2.61. The van der Waals surface area contributed by atoms with Gasteiger partial charge in [0.2, 0.25) is 27.7 Å². The van der Waals surface area contributed by atoms with Crippen molar-refractivity contribution in [2.24, 2.45) is 17.3 Å². The van der Waals surface area contributed by atoms with E-state index in [1.807, 2.05) is 6.07 Å². The van der Waals surface area contributed by atoms with E-state index in [9.17, 15) is 32.4 Å². The first-order chi connectivity index (χ1) is 25.4. The Morgan fingerprint density at radius 3 is 2.46 bits per heavy atom. The Balaban J connectivity index is 1.45. The molecule has 13 nitrogen and oxygen atoms in total. The monoisotopic (exact) mass is 765 g/mol. The summed E-state index contributed by atoms with van der Waals surface area (Å²) in [6.07, 6.45) is 4.45. The molecule has 1 saturated heterocycles. The zero-order valence-corrected chi connectivity index (χ0v) is 32.7. The molecule has 1 N–H and O–H groups in total. The number of ether oxygens (including phenoxy) is 3. The predicted octanol–water partition coefficient (Wildman–Crippen LogP) is 5.02. The first kappa shape index (κ1) is 40.6. The number of allylic oxidation sites excluding steroid dienone is 3. The Labute approximate surface area is 316 Å². The van der Waals surface area contributed by atoms with Crippen molar-refractivity contribution in [2.45, 2.75) is 109 Å². The average Bonchev–Trinajstić information content (AvgIpc) is 4.02. The first-order valence-corrected chi connectivity index (χ1v) is 19.9. The minimum atomic E-state index is -3.88. The van der Waals surface area contributed by atoms with Crippen molar-refractivity contribution >= 4 is 50.1 Å². The smallest absolute Gasteiger partial charge is 0.307 e. The van der Waals surface area contributed by atoms with Crippen LogP contribution in [0.5, 0.6) is 11.6 Å². The van der Waals surface area contributed by atoms with Crippen LogP contribution < -0.4 is 14.2 Å². The maximum atomic E-state index is 14.6. The summed E-state index contributed by atoms with van der Waals surface area (Å²) >= 11 is 0. The third-order valence-electron chi connectivity index (χ3n) is 10.1. The number of carbonyl (C=O) groups is 5. The van der Waals surface area contributed by atoms with Crippen LogP contribution in [0.2, 0.25) is 0 Å². The Kier molecular flexibility index (Phi) is 12.0.